The highest BCUT2D eigenvalue weighted by Gasteiger charge is 2.31. The molecule has 0 aromatic carbocycles. The third-order valence-corrected chi connectivity index (χ3v) is 2.43. The molecule has 1 heterocycles. The Hall–Kier alpha value is -0.870. The molecule has 16 heavy (non-hydrogen) atoms. The zero-order valence-corrected chi connectivity index (χ0v) is 10.8. The number of aryl methyl sites for hydroxylation is 1. The van der Waals surface area contributed by atoms with Crippen LogP contribution in [0.2, 0.25) is 0 Å². The molecule has 1 rings (SSSR count). The van der Waals surface area contributed by atoms with E-state index < -0.39 is 11.2 Å². The standard InChI is InChI=1S/C12H22N2O2/c1-6-7-8-13-9(11(2,3)15)10(14-8)12(4,5)16/h15-16H,6-7H2,1-5H3,(H,13,14). The summed E-state index contributed by atoms with van der Waals surface area (Å²) in [6.45, 7) is 8.79. The highest BCUT2D eigenvalue weighted by Crippen LogP contribution is 2.29. The summed E-state index contributed by atoms with van der Waals surface area (Å²) in [5, 5.41) is 20.1. The van der Waals surface area contributed by atoms with Crippen LogP contribution in [0, 0.1) is 0 Å². The minimum atomic E-state index is -1.04. The lowest BCUT2D eigenvalue weighted by Gasteiger charge is -2.22. The molecule has 0 aliphatic heterocycles. The van der Waals surface area contributed by atoms with Crippen molar-refractivity contribution in [2.45, 2.75) is 58.7 Å². The van der Waals surface area contributed by atoms with Crippen molar-refractivity contribution >= 4 is 0 Å². The van der Waals surface area contributed by atoms with Crippen molar-refractivity contribution in [3.05, 3.63) is 17.2 Å². The molecular weight excluding hydrogens is 204 g/mol. The fraction of sp³-hybridized carbons (Fsp3) is 0.750. The van der Waals surface area contributed by atoms with E-state index in [0.29, 0.717) is 11.4 Å². The molecular formula is C12H22N2O2. The Bertz CT molecular complexity index is 325. The Morgan fingerprint density at radius 3 is 2.00 bits per heavy atom. The highest BCUT2D eigenvalue weighted by atomic mass is 16.3. The van der Waals surface area contributed by atoms with E-state index in [4.69, 9.17) is 0 Å². The normalized spacial score (nSPS) is 13.2. The molecule has 92 valence electrons. The molecule has 0 saturated carbocycles. The molecule has 3 N–H and O–H groups in total. The van der Waals surface area contributed by atoms with E-state index in [0.717, 1.165) is 18.7 Å². The number of aromatic amines is 1. The van der Waals surface area contributed by atoms with Crippen LogP contribution in [0.15, 0.2) is 0 Å². The Labute approximate surface area is 96.7 Å². The molecule has 0 amide bonds. The van der Waals surface area contributed by atoms with E-state index in [1.165, 1.54) is 0 Å². The number of nitrogens with zero attached hydrogens (tertiary/aromatic N) is 1. The SMILES string of the molecule is CCCc1nc(C(C)(C)O)c(C(C)(C)O)[nH]1. The molecule has 0 radical (unpaired) electrons. The van der Waals surface area contributed by atoms with Crippen molar-refractivity contribution in [2.75, 3.05) is 0 Å². The molecule has 1 aromatic rings. The van der Waals surface area contributed by atoms with Crippen molar-refractivity contribution in [1.29, 1.82) is 0 Å². The smallest absolute Gasteiger partial charge is 0.106 e. The van der Waals surface area contributed by atoms with Gasteiger partial charge in [-0.1, -0.05) is 6.92 Å². The molecule has 0 atom stereocenters. The van der Waals surface area contributed by atoms with Gasteiger partial charge in [0.15, 0.2) is 0 Å². The Balaban J connectivity index is 3.24. The van der Waals surface area contributed by atoms with Gasteiger partial charge in [0.25, 0.3) is 0 Å². The number of hydrogen-bond donors (Lipinski definition) is 3. The monoisotopic (exact) mass is 226 g/mol. The first-order chi connectivity index (χ1) is 7.16. The second kappa shape index (κ2) is 4.18. The number of aromatic nitrogens is 2. The summed E-state index contributed by atoms with van der Waals surface area (Å²) < 4.78 is 0. The average Bonchev–Trinajstić information content (AvgIpc) is 2.47. The van der Waals surface area contributed by atoms with Crippen molar-refractivity contribution in [3.8, 4) is 0 Å². The Morgan fingerprint density at radius 2 is 1.69 bits per heavy atom. The predicted octanol–water partition coefficient (Wildman–Crippen LogP) is 1.82. The van der Waals surface area contributed by atoms with Gasteiger partial charge in [0, 0.05) is 6.42 Å². The van der Waals surface area contributed by atoms with Gasteiger partial charge in [-0.3, -0.25) is 0 Å². The maximum atomic E-state index is 10.0. The van der Waals surface area contributed by atoms with Crippen LogP contribution in [0.4, 0.5) is 0 Å². The zero-order valence-electron chi connectivity index (χ0n) is 10.8. The zero-order chi connectivity index (χ0) is 12.6. The fourth-order valence-corrected chi connectivity index (χ4v) is 1.66. The first kappa shape index (κ1) is 13.2. The number of aliphatic hydroxyl groups is 2. The fourth-order valence-electron chi connectivity index (χ4n) is 1.66. The summed E-state index contributed by atoms with van der Waals surface area (Å²) in [6.07, 6.45) is 1.79. The van der Waals surface area contributed by atoms with E-state index >= 15 is 0 Å². The minimum Gasteiger partial charge on any atom is -0.384 e. The van der Waals surface area contributed by atoms with Crippen molar-refractivity contribution in [1.82, 2.24) is 9.97 Å². The lowest BCUT2D eigenvalue weighted by Crippen LogP contribution is -2.25. The van der Waals surface area contributed by atoms with Gasteiger partial charge < -0.3 is 15.2 Å². The number of imidazole rings is 1. The predicted molar refractivity (Wildman–Crippen MR) is 63.1 cm³/mol. The summed E-state index contributed by atoms with van der Waals surface area (Å²) in [6, 6.07) is 0. The van der Waals surface area contributed by atoms with Crippen molar-refractivity contribution < 1.29 is 10.2 Å². The summed E-state index contributed by atoms with van der Waals surface area (Å²) in [7, 11) is 0. The largest absolute Gasteiger partial charge is 0.384 e. The Kier molecular flexibility index (Phi) is 3.45. The molecule has 0 saturated heterocycles. The Morgan fingerprint density at radius 1 is 1.12 bits per heavy atom. The molecule has 1 aromatic heterocycles. The van der Waals surface area contributed by atoms with E-state index in [1.807, 2.05) is 0 Å². The van der Waals surface area contributed by atoms with Gasteiger partial charge in [0.1, 0.15) is 17.0 Å². The topological polar surface area (TPSA) is 69.1 Å². The van der Waals surface area contributed by atoms with Crippen LogP contribution < -0.4 is 0 Å². The van der Waals surface area contributed by atoms with Gasteiger partial charge in [-0.15, -0.1) is 0 Å². The molecule has 0 fully saturated rings. The van der Waals surface area contributed by atoms with Crippen LogP contribution in [0.3, 0.4) is 0 Å². The van der Waals surface area contributed by atoms with E-state index in [9.17, 15) is 10.2 Å². The molecule has 0 aliphatic carbocycles. The maximum absolute atomic E-state index is 10.0. The van der Waals surface area contributed by atoms with Crippen LogP contribution in [-0.4, -0.2) is 20.2 Å². The van der Waals surface area contributed by atoms with Crippen LogP contribution in [-0.2, 0) is 17.6 Å². The average molecular weight is 226 g/mol. The molecule has 0 aliphatic rings. The van der Waals surface area contributed by atoms with Gasteiger partial charge in [-0.2, -0.15) is 0 Å². The number of H-pyrrole nitrogens is 1. The summed E-state index contributed by atoms with van der Waals surface area (Å²) in [4.78, 5) is 7.48. The number of nitrogens with one attached hydrogen (secondary N) is 1. The molecule has 0 unspecified atom stereocenters. The molecule has 4 nitrogen and oxygen atoms in total. The van der Waals surface area contributed by atoms with Gasteiger partial charge in [-0.05, 0) is 34.1 Å². The number of hydrogen-bond acceptors (Lipinski definition) is 3. The van der Waals surface area contributed by atoms with Crippen molar-refractivity contribution in [3.63, 3.8) is 0 Å². The van der Waals surface area contributed by atoms with E-state index in [2.05, 4.69) is 16.9 Å². The summed E-state index contributed by atoms with van der Waals surface area (Å²) in [5.74, 6) is 0.816. The van der Waals surface area contributed by atoms with Crippen LogP contribution >= 0.6 is 0 Å². The van der Waals surface area contributed by atoms with Crippen molar-refractivity contribution in [2.24, 2.45) is 0 Å². The third-order valence-electron chi connectivity index (χ3n) is 2.43. The third kappa shape index (κ3) is 2.83. The van der Waals surface area contributed by atoms with Gasteiger partial charge >= 0.3 is 0 Å². The minimum absolute atomic E-state index is 0.531. The second-order valence-corrected chi connectivity index (χ2v) is 5.28. The summed E-state index contributed by atoms with van der Waals surface area (Å²) >= 11 is 0. The second-order valence-electron chi connectivity index (χ2n) is 5.28. The lowest BCUT2D eigenvalue weighted by molar-refractivity contribution is 0.0475. The quantitative estimate of drug-likeness (QED) is 0.733. The van der Waals surface area contributed by atoms with E-state index in [1.54, 1.807) is 27.7 Å². The first-order valence-electron chi connectivity index (χ1n) is 5.71. The first-order valence-corrected chi connectivity index (χ1v) is 5.71. The maximum Gasteiger partial charge on any atom is 0.106 e. The number of rotatable bonds is 4. The molecule has 0 bridgehead atoms. The van der Waals surface area contributed by atoms with E-state index in [-0.39, 0.29) is 0 Å². The van der Waals surface area contributed by atoms with Crippen LogP contribution in [0.5, 0.6) is 0 Å². The van der Waals surface area contributed by atoms with Gasteiger partial charge in [0.2, 0.25) is 0 Å². The highest BCUT2D eigenvalue weighted by molar-refractivity contribution is 5.25. The van der Waals surface area contributed by atoms with Gasteiger partial charge in [0.05, 0.1) is 11.4 Å². The molecule has 0 spiro atoms. The lowest BCUT2D eigenvalue weighted by atomic mass is 9.95. The van der Waals surface area contributed by atoms with Crippen LogP contribution in [0.25, 0.3) is 0 Å². The molecule has 4 heteroatoms. The van der Waals surface area contributed by atoms with Gasteiger partial charge in [-0.25, -0.2) is 4.98 Å². The summed E-state index contributed by atoms with van der Waals surface area (Å²) in [5.41, 5.74) is -0.932. The van der Waals surface area contributed by atoms with Crippen LogP contribution in [0.1, 0.15) is 58.3 Å².